The van der Waals surface area contributed by atoms with Gasteiger partial charge in [-0.1, -0.05) is 0 Å². The van der Waals surface area contributed by atoms with Gasteiger partial charge in [0.1, 0.15) is 0 Å². The summed E-state index contributed by atoms with van der Waals surface area (Å²) in [4.78, 5) is 0. The maximum absolute atomic E-state index is 3.10. The molecule has 0 aromatic rings. The SMILES string of the molecule is CNCC1[CH]C1. The van der Waals surface area contributed by atoms with E-state index in [0.29, 0.717) is 0 Å². The van der Waals surface area contributed by atoms with Crippen molar-refractivity contribution in [1.82, 2.24) is 5.32 Å². The van der Waals surface area contributed by atoms with Crippen molar-refractivity contribution in [2.24, 2.45) is 5.92 Å². The monoisotopic (exact) mass is 84.1 g/mol. The molecule has 35 valence electrons. The first-order chi connectivity index (χ1) is 2.93. The Balaban J connectivity index is 1.88. The molecule has 1 atom stereocenters. The molecule has 1 fully saturated rings. The van der Waals surface area contributed by atoms with Crippen molar-refractivity contribution in [2.75, 3.05) is 13.6 Å². The van der Waals surface area contributed by atoms with Crippen LogP contribution < -0.4 is 5.32 Å². The Morgan fingerprint density at radius 1 is 2.00 bits per heavy atom. The third-order valence-corrected chi connectivity index (χ3v) is 1.04. The van der Waals surface area contributed by atoms with Crippen LogP contribution in [0.5, 0.6) is 0 Å². The Hall–Kier alpha value is -0.0400. The quantitative estimate of drug-likeness (QED) is 0.511. The zero-order valence-electron chi connectivity index (χ0n) is 4.07. The lowest BCUT2D eigenvalue weighted by Gasteiger charge is -1.87. The van der Waals surface area contributed by atoms with Crippen molar-refractivity contribution < 1.29 is 0 Å². The van der Waals surface area contributed by atoms with Crippen LogP contribution in [0.15, 0.2) is 0 Å². The minimum absolute atomic E-state index is 0.912. The highest BCUT2D eigenvalue weighted by Gasteiger charge is 2.19. The number of nitrogens with one attached hydrogen (secondary N) is 1. The minimum atomic E-state index is 0.912. The molecule has 0 heterocycles. The van der Waals surface area contributed by atoms with Gasteiger partial charge in [-0.2, -0.15) is 0 Å². The maximum atomic E-state index is 3.10. The molecule has 0 bridgehead atoms. The van der Waals surface area contributed by atoms with Crippen molar-refractivity contribution in [3.05, 3.63) is 6.42 Å². The second-order valence-electron chi connectivity index (χ2n) is 1.79. The molecule has 1 nitrogen and oxygen atoms in total. The van der Waals surface area contributed by atoms with Crippen molar-refractivity contribution in [1.29, 1.82) is 0 Å². The topological polar surface area (TPSA) is 12.0 Å². The van der Waals surface area contributed by atoms with Gasteiger partial charge in [-0.15, -0.1) is 0 Å². The first-order valence-electron chi connectivity index (χ1n) is 2.41. The van der Waals surface area contributed by atoms with Crippen LogP contribution in [0, 0.1) is 12.3 Å². The van der Waals surface area contributed by atoms with Crippen LogP contribution in [-0.2, 0) is 0 Å². The molecule has 1 saturated carbocycles. The van der Waals surface area contributed by atoms with Crippen LogP contribution >= 0.6 is 0 Å². The Morgan fingerprint density at radius 3 is 2.83 bits per heavy atom. The second-order valence-corrected chi connectivity index (χ2v) is 1.79. The highest BCUT2D eigenvalue weighted by molar-refractivity contribution is 4.95. The summed E-state index contributed by atoms with van der Waals surface area (Å²) in [7, 11) is 1.99. The number of hydrogen-bond acceptors (Lipinski definition) is 1. The zero-order valence-corrected chi connectivity index (χ0v) is 4.07. The summed E-state index contributed by atoms with van der Waals surface area (Å²) in [6, 6.07) is 0. The van der Waals surface area contributed by atoms with E-state index in [0.717, 1.165) is 5.92 Å². The van der Waals surface area contributed by atoms with E-state index in [1.165, 1.54) is 13.0 Å². The molecule has 1 aliphatic carbocycles. The Morgan fingerprint density at radius 2 is 2.67 bits per heavy atom. The highest BCUT2D eigenvalue weighted by atomic mass is 14.8. The average molecular weight is 84.1 g/mol. The molecule has 1 aliphatic rings. The molecule has 1 rings (SSSR count). The van der Waals surface area contributed by atoms with Gasteiger partial charge >= 0.3 is 0 Å². The van der Waals surface area contributed by atoms with Crippen molar-refractivity contribution >= 4 is 0 Å². The molecule has 0 amide bonds. The van der Waals surface area contributed by atoms with Crippen LogP contribution in [-0.4, -0.2) is 13.6 Å². The number of rotatable bonds is 2. The second kappa shape index (κ2) is 1.61. The normalized spacial score (nSPS) is 21.5. The van der Waals surface area contributed by atoms with Gasteiger partial charge in [0.05, 0.1) is 0 Å². The van der Waals surface area contributed by atoms with Crippen molar-refractivity contribution in [2.45, 2.75) is 6.42 Å². The van der Waals surface area contributed by atoms with Crippen LogP contribution in [0.4, 0.5) is 0 Å². The minimum Gasteiger partial charge on any atom is -0.319 e. The predicted molar refractivity (Wildman–Crippen MR) is 26.3 cm³/mol. The highest BCUT2D eigenvalue weighted by Crippen LogP contribution is 2.25. The van der Waals surface area contributed by atoms with Gasteiger partial charge in [0, 0.05) is 0 Å². The first-order valence-corrected chi connectivity index (χ1v) is 2.41. The van der Waals surface area contributed by atoms with Gasteiger partial charge in [0.2, 0.25) is 0 Å². The zero-order chi connectivity index (χ0) is 4.41. The van der Waals surface area contributed by atoms with Crippen LogP contribution in [0.1, 0.15) is 6.42 Å². The standard InChI is InChI=1S/C5H10N/c1-6-4-5-2-3-5/h2,5-6H,3-4H2,1H3. The Kier molecular flexibility index (Phi) is 1.10. The van der Waals surface area contributed by atoms with Crippen molar-refractivity contribution in [3.63, 3.8) is 0 Å². The summed E-state index contributed by atoms with van der Waals surface area (Å²) in [6.45, 7) is 1.18. The maximum Gasteiger partial charge on any atom is -0.00207 e. The summed E-state index contributed by atoms with van der Waals surface area (Å²) in [5.74, 6) is 0.912. The van der Waals surface area contributed by atoms with Gasteiger partial charge in [-0.05, 0) is 32.4 Å². The van der Waals surface area contributed by atoms with Crippen LogP contribution in [0.3, 0.4) is 0 Å². The number of hydrogen-bond donors (Lipinski definition) is 1. The largest absolute Gasteiger partial charge is 0.319 e. The lowest BCUT2D eigenvalue weighted by molar-refractivity contribution is 0.733. The Labute approximate surface area is 38.7 Å². The van der Waals surface area contributed by atoms with E-state index in [9.17, 15) is 0 Å². The molecule has 1 N–H and O–H groups in total. The molecule has 1 heteroatoms. The van der Waals surface area contributed by atoms with Crippen molar-refractivity contribution in [3.8, 4) is 0 Å². The summed E-state index contributed by atoms with van der Waals surface area (Å²) >= 11 is 0. The molecular weight excluding hydrogens is 74.1 g/mol. The van der Waals surface area contributed by atoms with Gasteiger partial charge in [-0.25, -0.2) is 0 Å². The molecule has 0 aliphatic heterocycles. The van der Waals surface area contributed by atoms with E-state index in [1.54, 1.807) is 0 Å². The fourth-order valence-corrected chi connectivity index (χ4v) is 0.525. The summed E-state index contributed by atoms with van der Waals surface area (Å²) in [5, 5.41) is 3.10. The lowest BCUT2D eigenvalue weighted by Crippen LogP contribution is -2.08. The first kappa shape index (κ1) is 4.13. The van der Waals surface area contributed by atoms with E-state index in [2.05, 4.69) is 11.7 Å². The van der Waals surface area contributed by atoms with E-state index in [-0.39, 0.29) is 0 Å². The summed E-state index contributed by atoms with van der Waals surface area (Å²) < 4.78 is 0. The van der Waals surface area contributed by atoms with Crippen LogP contribution in [0.25, 0.3) is 0 Å². The van der Waals surface area contributed by atoms with Gasteiger partial charge in [0.15, 0.2) is 0 Å². The smallest absolute Gasteiger partial charge is 0.00207 e. The average Bonchev–Trinajstić information content (AvgIpc) is 2.21. The fourth-order valence-electron chi connectivity index (χ4n) is 0.525. The van der Waals surface area contributed by atoms with Gasteiger partial charge in [-0.3, -0.25) is 0 Å². The van der Waals surface area contributed by atoms with E-state index in [1.807, 2.05) is 7.05 Å². The third-order valence-electron chi connectivity index (χ3n) is 1.04. The third kappa shape index (κ3) is 0.977. The molecule has 1 radical (unpaired) electrons. The molecule has 1 unspecified atom stereocenters. The summed E-state index contributed by atoms with van der Waals surface area (Å²) in [5.41, 5.74) is 0. The van der Waals surface area contributed by atoms with Gasteiger partial charge < -0.3 is 5.32 Å². The fraction of sp³-hybridized carbons (Fsp3) is 0.800. The molecule has 0 saturated heterocycles. The molecule has 6 heavy (non-hydrogen) atoms. The molecule has 0 aromatic carbocycles. The van der Waals surface area contributed by atoms with E-state index < -0.39 is 0 Å². The van der Waals surface area contributed by atoms with Crippen LogP contribution in [0.2, 0.25) is 0 Å². The Bertz CT molecular complexity index is 39.2. The van der Waals surface area contributed by atoms with Gasteiger partial charge in [0.25, 0.3) is 0 Å². The van der Waals surface area contributed by atoms with E-state index in [4.69, 9.17) is 0 Å². The molecule has 0 aromatic heterocycles. The molecular formula is C5H10N. The summed E-state index contributed by atoms with van der Waals surface area (Å²) in [6.07, 6.45) is 3.65. The van der Waals surface area contributed by atoms with E-state index >= 15 is 0 Å². The molecule has 0 spiro atoms. The lowest BCUT2D eigenvalue weighted by atomic mass is 10.4. The predicted octanol–water partition coefficient (Wildman–Crippen LogP) is 0.430.